The van der Waals surface area contributed by atoms with Crippen molar-refractivity contribution in [3.63, 3.8) is 0 Å². The van der Waals surface area contributed by atoms with Crippen molar-refractivity contribution in [3.05, 3.63) is 30.1 Å². The summed E-state index contributed by atoms with van der Waals surface area (Å²) in [4.78, 5) is 4.23. The average molecular weight is 185 g/mol. The van der Waals surface area contributed by atoms with Crippen LogP contribution in [-0.2, 0) is 0 Å². The molecule has 0 bridgehead atoms. The molecule has 1 aromatic heterocycles. The molecule has 2 nitrogen and oxygen atoms in total. The lowest BCUT2D eigenvalue weighted by molar-refractivity contribution is 0.657. The molecule has 0 aliphatic rings. The quantitative estimate of drug-likeness (QED) is 0.725. The van der Waals surface area contributed by atoms with Crippen LogP contribution in [0.2, 0.25) is 0 Å². The summed E-state index contributed by atoms with van der Waals surface area (Å²) in [5, 5.41) is 0. The van der Waals surface area contributed by atoms with E-state index in [1.165, 1.54) is 0 Å². The van der Waals surface area contributed by atoms with Crippen molar-refractivity contribution in [2.45, 2.75) is 12.3 Å². The fourth-order valence-electron chi connectivity index (χ4n) is 1.14. The van der Waals surface area contributed by atoms with Crippen LogP contribution in [0.15, 0.2) is 24.4 Å². The maximum absolute atomic E-state index is 5.64. The van der Waals surface area contributed by atoms with Gasteiger partial charge in [-0.3, -0.25) is 4.98 Å². The van der Waals surface area contributed by atoms with Crippen molar-refractivity contribution in [1.29, 1.82) is 0 Å². The molecule has 0 aromatic carbocycles. The van der Waals surface area contributed by atoms with E-state index in [-0.39, 0.29) is 0 Å². The molecular formula is C9H13ClN2. The largest absolute Gasteiger partial charge is 0.330 e. The Morgan fingerprint density at radius 2 is 2.33 bits per heavy atom. The molecule has 0 saturated carbocycles. The van der Waals surface area contributed by atoms with Crippen LogP contribution in [0, 0.1) is 0 Å². The number of rotatable bonds is 4. The van der Waals surface area contributed by atoms with Crippen LogP contribution in [0.1, 0.15) is 18.0 Å². The highest BCUT2D eigenvalue weighted by Gasteiger charge is 2.08. The monoisotopic (exact) mass is 184 g/mol. The highest BCUT2D eigenvalue weighted by atomic mass is 35.5. The van der Waals surface area contributed by atoms with Gasteiger partial charge >= 0.3 is 0 Å². The van der Waals surface area contributed by atoms with Gasteiger partial charge in [0.25, 0.3) is 0 Å². The van der Waals surface area contributed by atoms with Crippen LogP contribution in [0.25, 0.3) is 0 Å². The van der Waals surface area contributed by atoms with Gasteiger partial charge in [0.1, 0.15) is 0 Å². The Bertz CT molecular complexity index is 213. The van der Waals surface area contributed by atoms with Gasteiger partial charge in [0.05, 0.1) is 0 Å². The molecule has 1 unspecified atom stereocenters. The number of aromatic nitrogens is 1. The van der Waals surface area contributed by atoms with Crippen molar-refractivity contribution in [2.75, 3.05) is 12.4 Å². The number of hydrogen-bond acceptors (Lipinski definition) is 2. The van der Waals surface area contributed by atoms with Crippen LogP contribution in [0.3, 0.4) is 0 Å². The Morgan fingerprint density at radius 1 is 1.50 bits per heavy atom. The van der Waals surface area contributed by atoms with Gasteiger partial charge in [-0.15, -0.1) is 11.6 Å². The molecule has 0 radical (unpaired) electrons. The standard InChI is InChI=1S/C9H13ClN2/c10-5-4-8(7-11)9-3-1-2-6-12-9/h1-3,6,8H,4-5,7,11H2. The predicted molar refractivity (Wildman–Crippen MR) is 51.4 cm³/mol. The first kappa shape index (κ1) is 9.49. The van der Waals surface area contributed by atoms with E-state index in [1.807, 2.05) is 18.2 Å². The number of nitrogens with two attached hydrogens (primary N) is 1. The van der Waals surface area contributed by atoms with Gasteiger partial charge in [-0.1, -0.05) is 6.07 Å². The third-order valence-electron chi connectivity index (χ3n) is 1.85. The lowest BCUT2D eigenvalue weighted by Gasteiger charge is -2.11. The highest BCUT2D eigenvalue weighted by Crippen LogP contribution is 2.15. The zero-order chi connectivity index (χ0) is 8.81. The molecular weight excluding hydrogens is 172 g/mol. The van der Waals surface area contributed by atoms with Crippen LogP contribution < -0.4 is 5.73 Å². The molecule has 2 N–H and O–H groups in total. The fraction of sp³-hybridized carbons (Fsp3) is 0.444. The van der Waals surface area contributed by atoms with E-state index >= 15 is 0 Å². The summed E-state index contributed by atoms with van der Waals surface area (Å²) in [6.07, 6.45) is 2.68. The van der Waals surface area contributed by atoms with E-state index in [1.54, 1.807) is 6.20 Å². The summed E-state index contributed by atoms with van der Waals surface area (Å²) >= 11 is 5.64. The van der Waals surface area contributed by atoms with E-state index in [4.69, 9.17) is 17.3 Å². The second-order valence-corrected chi connectivity index (χ2v) is 3.04. The van der Waals surface area contributed by atoms with Crippen LogP contribution in [0.5, 0.6) is 0 Å². The minimum atomic E-state index is 0.309. The van der Waals surface area contributed by atoms with Crippen LogP contribution >= 0.6 is 11.6 Å². The van der Waals surface area contributed by atoms with E-state index in [0.29, 0.717) is 18.3 Å². The van der Waals surface area contributed by atoms with Crippen molar-refractivity contribution in [1.82, 2.24) is 4.98 Å². The molecule has 1 rings (SSSR count). The lowest BCUT2D eigenvalue weighted by atomic mass is 10.0. The Labute approximate surface area is 77.8 Å². The number of nitrogens with zero attached hydrogens (tertiary/aromatic N) is 1. The molecule has 1 atom stereocenters. The molecule has 0 aliphatic heterocycles. The van der Waals surface area contributed by atoms with Crippen molar-refractivity contribution in [3.8, 4) is 0 Å². The van der Waals surface area contributed by atoms with Gasteiger partial charge in [0.2, 0.25) is 0 Å². The maximum Gasteiger partial charge on any atom is 0.0447 e. The van der Waals surface area contributed by atoms with E-state index < -0.39 is 0 Å². The second-order valence-electron chi connectivity index (χ2n) is 2.66. The zero-order valence-corrected chi connectivity index (χ0v) is 7.67. The summed E-state index contributed by atoms with van der Waals surface area (Å²) < 4.78 is 0. The number of pyridine rings is 1. The Hall–Kier alpha value is -0.600. The van der Waals surface area contributed by atoms with Gasteiger partial charge in [0, 0.05) is 30.2 Å². The van der Waals surface area contributed by atoms with Gasteiger partial charge in [0.15, 0.2) is 0 Å². The second kappa shape index (κ2) is 5.12. The molecule has 3 heteroatoms. The molecule has 0 aliphatic carbocycles. The molecule has 0 spiro atoms. The molecule has 1 aromatic rings. The highest BCUT2D eigenvalue weighted by molar-refractivity contribution is 6.17. The molecule has 66 valence electrons. The van der Waals surface area contributed by atoms with E-state index in [2.05, 4.69) is 4.98 Å². The van der Waals surface area contributed by atoms with Gasteiger partial charge in [-0.2, -0.15) is 0 Å². The van der Waals surface area contributed by atoms with E-state index in [0.717, 1.165) is 12.1 Å². The lowest BCUT2D eigenvalue weighted by Crippen LogP contribution is -2.14. The molecule has 0 fully saturated rings. The predicted octanol–water partition coefficient (Wildman–Crippen LogP) is 1.75. The van der Waals surface area contributed by atoms with Crippen LogP contribution in [0.4, 0.5) is 0 Å². The van der Waals surface area contributed by atoms with Crippen molar-refractivity contribution in [2.24, 2.45) is 5.73 Å². The first-order chi connectivity index (χ1) is 5.88. The SMILES string of the molecule is NCC(CCCl)c1ccccn1. The molecule has 12 heavy (non-hydrogen) atoms. The van der Waals surface area contributed by atoms with Gasteiger partial charge in [-0.25, -0.2) is 0 Å². The summed E-state index contributed by atoms with van der Waals surface area (Å²) in [5.41, 5.74) is 6.63. The number of halogens is 1. The smallest absolute Gasteiger partial charge is 0.0447 e. The average Bonchev–Trinajstić information content (AvgIpc) is 2.15. The molecule has 1 heterocycles. The molecule has 0 saturated heterocycles. The summed E-state index contributed by atoms with van der Waals surface area (Å²) in [5.74, 6) is 0.946. The number of alkyl halides is 1. The zero-order valence-electron chi connectivity index (χ0n) is 6.91. The van der Waals surface area contributed by atoms with Gasteiger partial charge < -0.3 is 5.73 Å². The Balaban J connectivity index is 2.66. The van der Waals surface area contributed by atoms with Crippen LogP contribution in [-0.4, -0.2) is 17.4 Å². The third kappa shape index (κ3) is 2.47. The first-order valence-electron chi connectivity index (χ1n) is 4.05. The summed E-state index contributed by atoms with van der Waals surface area (Å²) in [6.45, 7) is 0.615. The normalized spacial score (nSPS) is 12.8. The summed E-state index contributed by atoms with van der Waals surface area (Å²) in [6, 6.07) is 5.86. The number of hydrogen-bond donors (Lipinski definition) is 1. The first-order valence-corrected chi connectivity index (χ1v) is 4.59. The molecule has 0 amide bonds. The van der Waals surface area contributed by atoms with Gasteiger partial charge in [-0.05, 0) is 18.6 Å². The minimum absolute atomic E-state index is 0.309. The Kier molecular flexibility index (Phi) is 4.05. The maximum atomic E-state index is 5.64. The fourth-order valence-corrected chi connectivity index (χ4v) is 1.40. The minimum Gasteiger partial charge on any atom is -0.330 e. The van der Waals surface area contributed by atoms with E-state index in [9.17, 15) is 0 Å². The Morgan fingerprint density at radius 3 is 2.83 bits per heavy atom. The van der Waals surface area contributed by atoms with Crippen molar-refractivity contribution >= 4 is 11.6 Å². The topological polar surface area (TPSA) is 38.9 Å². The van der Waals surface area contributed by atoms with Crippen molar-refractivity contribution < 1.29 is 0 Å². The summed E-state index contributed by atoms with van der Waals surface area (Å²) in [7, 11) is 0. The third-order valence-corrected chi connectivity index (χ3v) is 2.07.